The van der Waals surface area contributed by atoms with Crippen molar-refractivity contribution in [2.45, 2.75) is 8.68 Å². The molecular formula is C17H15N3O2S3. The molecule has 0 aliphatic heterocycles. The number of para-hydroxylation sites is 3. The summed E-state index contributed by atoms with van der Waals surface area (Å²) in [5.74, 6) is 1.47. The summed E-state index contributed by atoms with van der Waals surface area (Å²) in [5.41, 5.74) is 0.638. The van der Waals surface area contributed by atoms with Crippen molar-refractivity contribution in [3.63, 3.8) is 0 Å². The van der Waals surface area contributed by atoms with Crippen LogP contribution in [0.1, 0.15) is 0 Å². The molecule has 0 unspecified atom stereocenters. The van der Waals surface area contributed by atoms with Gasteiger partial charge in [-0.05, 0) is 30.5 Å². The van der Waals surface area contributed by atoms with Gasteiger partial charge in [0.2, 0.25) is 5.91 Å². The Bertz CT molecular complexity index is 840. The summed E-state index contributed by atoms with van der Waals surface area (Å²) in [6.07, 6.45) is 1.95. The molecule has 0 spiro atoms. The number of aromatic nitrogens is 2. The van der Waals surface area contributed by atoms with E-state index in [1.807, 2.05) is 60.9 Å². The second-order valence-electron chi connectivity index (χ2n) is 4.79. The quantitative estimate of drug-likeness (QED) is 0.587. The maximum Gasteiger partial charge on any atom is 0.234 e. The molecule has 8 heteroatoms. The number of hydrogen-bond acceptors (Lipinski definition) is 7. The van der Waals surface area contributed by atoms with Gasteiger partial charge in [-0.15, -0.1) is 10.2 Å². The SMILES string of the molecule is CSc1nnc(SCC(=O)Nc2ccccc2Oc2ccccc2)s1. The first-order valence-corrected chi connectivity index (χ1v) is 10.4. The van der Waals surface area contributed by atoms with E-state index in [2.05, 4.69) is 15.5 Å². The molecule has 25 heavy (non-hydrogen) atoms. The van der Waals surface area contributed by atoms with E-state index >= 15 is 0 Å². The highest BCUT2D eigenvalue weighted by atomic mass is 32.2. The third-order valence-electron chi connectivity index (χ3n) is 3.02. The fourth-order valence-corrected chi connectivity index (χ4v) is 4.16. The Morgan fingerprint density at radius 2 is 1.80 bits per heavy atom. The van der Waals surface area contributed by atoms with Gasteiger partial charge in [-0.25, -0.2) is 0 Å². The van der Waals surface area contributed by atoms with Crippen molar-refractivity contribution in [2.24, 2.45) is 0 Å². The van der Waals surface area contributed by atoms with Gasteiger partial charge in [0.1, 0.15) is 5.75 Å². The Labute approximate surface area is 158 Å². The Balaban J connectivity index is 1.61. The number of anilines is 1. The molecule has 128 valence electrons. The number of nitrogens with zero attached hydrogens (tertiary/aromatic N) is 2. The minimum absolute atomic E-state index is 0.116. The molecule has 0 saturated carbocycles. The van der Waals surface area contributed by atoms with Crippen LogP contribution in [0.15, 0.2) is 63.3 Å². The summed E-state index contributed by atoms with van der Waals surface area (Å²) in [6.45, 7) is 0. The average molecular weight is 390 g/mol. The third-order valence-corrected chi connectivity index (χ3v) is 6.05. The number of thioether (sulfide) groups is 2. The molecule has 0 aliphatic rings. The van der Waals surface area contributed by atoms with Crippen molar-refractivity contribution in [3.05, 3.63) is 54.6 Å². The minimum atomic E-state index is -0.116. The second-order valence-corrected chi connectivity index (χ2v) is 8.04. The van der Waals surface area contributed by atoms with Crippen molar-refractivity contribution >= 4 is 46.5 Å². The van der Waals surface area contributed by atoms with E-state index in [1.165, 1.54) is 23.1 Å². The summed E-state index contributed by atoms with van der Waals surface area (Å²) < 4.78 is 7.53. The number of benzene rings is 2. The van der Waals surface area contributed by atoms with E-state index in [9.17, 15) is 4.79 Å². The van der Waals surface area contributed by atoms with Crippen LogP contribution in [0.2, 0.25) is 0 Å². The summed E-state index contributed by atoms with van der Waals surface area (Å²) in [4.78, 5) is 12.2. The molecule has 1 amide bonds. The first-order valence-electron chi connectivity index (χ1n) is 7.36. The van der Waals surface area contributed by atoms with E-state index in [4.69, 9.17) is 4.74 Å². The van der Waals surface area contributed by atoms with Crippen molar-refractivity contribution in [1.29, 1.82) is 0 Å². The van der Waals surface area contributed by atoms with Gasteiger partial charge in [-0.1, -0.05) is 65.2 Å². The van der Waals surface area contributed by atoms with Gasteiger partial charge in [0.25, 0.3) is 0 Å². The fraction of sp³-hybridized carbons (Fsp3) is 0.118. The van der Waals surface area contributed by atoms with Crippen molar-refractivity contribution < 1.29 is 9.53 Å². The molecular weight excluding hydrogens is 374 g/mol. The lowest BCUT2D eigenvalue weighted by atomic mass is 10.3. The van der Waals surface area contributed by atoms with E-state index in [1.54, 1.807) is 11.8 Å². The lowest BCUT2D eigenvalue weighted by Crippen LogP contribution is -2.14. The first kappa shape index (κ1) is 17.8. The van der Waals surface area contributed by atoms with Crippen molar-refractivity contribution in [3.8, 4) is 11.5 Å². The highest BCUT2D eigenvalue weighted by Gasteiger charge is 2.11. The standard InChI is InChI=1S/C17H15N3O2S3/c1-23-16-19-20-17(25-16)24-11-15(21)18-13-9-5-6-10-14(13)22-12-7-3-2-4-8-12/h2-10H,11H2,1H3,(H,18,21). The first-order chi connectivity index (χ1) is 12.2. The highest BCUT2D eigenvalue weighted by molar-refractivity contribution is 8.03. The lowest BCUT2D eigenvalue weighted by molar-refractivity contribution is -0.113. The van der Waals surface area contributed by atoms with Crippen LogP contribution in [-0.2, 0) is 4.79 Å². The van der Waals surface area contributed by atoms with Crippen molar-refractivity contribution in [1.82, 2.24) is 10.2 Å². The molecule has 0 atom stereocenters. The summed E-state index contributed by atoms with van der Waals surface area (Å²) in [6, 6.07) is 16.8. The molecule has 3 rings (SSSR count). The lowest BCUT2D eigenvalue weighted by Gasteiger charge is -2.11. The molecule has 0 radical (unpaired) electrons. The highest BCUT2D eigenvalue weighted by Crippen LogP contribution is 2.30. The van der Waals surface area contributed by atoms with E-state index in [0.29, 0.717) is 11.4 Å². The van der Waals surface area contributed by atoms with E-state index < -0.39 is 0 Å². The molecule has 3 aromatic rings. The number of ether oxygens (including phenoxy) is 1. The van der Waals surface area contributed by atoms with Gasteiger partial charge in [0.15, 0.2) is 14.4 Å². The van der Waals surface area contributed by atoms with Crippen LogP contribution in [0, 0.1) is 0 Å². The molecule has 1 aromatic heterocycles. The Morgan fingerprint density at radius 1 is 1.08 bits per heavy atom. The largest absolute Gasteiger partial charge is 0.455 e. The average Bonchev–Trinajstić information content (AvgIpc) is 3.11. The summed E-state index contributed by atoms with van der Waals surface area (Å²) >= 11 is 4.40. The molecule has 0 aliphatic carbocycles. The van der Waals surface area contributed by atoms with Gasteiger partial charge in [0, 0.05) is 0 Å². The maximum atomic E-state index is 12.2. The number of hydrogen-bond donors (Lipinski definition) is 1. The molecule has 0 saturated heterocycles. The molecule has 1 heterocycles. The number of nitrogens with one attached hydrogen (secondary N) is 1. The maximum absolute atomic E-state index is 12.2. The van der Waals surface area contributed by atoms with Crippen LogP contribution in [0.5, 0.6) is 11.5 Å². The molecule has 1 N–H and O–H groups in total. The number of amides is 1. The number of rotatable bonds is 7. The van der Waals surface area contributed by atoms with E-state index in [-0.39, 0.29) is 11.7 Å². The van der Waals surface area contributed by atoms with Gasteiger partial charge in [0.05, 0.1) is 11.4 Å². The van der Waals surface area contributed by atoms with Crippen LogP contribution in [0.4, 0.5) is 5.69 Å². The van der Waals surface area contributed by atoms with Crippen LogP contribution >= 0.6 is 34.9 Å². The van der Waals surface area contributed by atoms with Gasteiger partial charge in [-0.3, -0.25) is 4.79 Å². The smallest absolute Gasteiger partial charge is 0.234 e. The van der Waals surface area contributed by atoms with Gasteiger partial charge >= 0.3 is 0 Å². The predicted molar refractivity (Wildman–Crippen MR) is 104 cm³/mol. The normalized spacial score (nSPS) is 10.4. The zero-order chi connectivity index (χ0) is 17.5. The second kappa shape index (κ2) is 8.89. The van der Waals surface area contributed by atoms with Gasteiger partial charge in [-0.2, -0.15) is 0 Å². The Hall–Kier alpha value is -2.03. The number of carbonyl (C=O) groups is 1. The zero-order valence-electron chi connectivity index (χ0n) is 13.3. The monoisotopic (exact) mass is 389 g/mol. The predicted octanol–water partition coefficient (Wildman–Crippen LogP) is 4.78. The summed E-state index contributed by atoms with van der Waals surface area (Å²) in [7, 11) is 0. The summed E-state index contributed by atoms with van der Waals surface area (Å²) in [5, 5.41) is 11.0. The molecule has 2 aromatic carbocycles. The van der Waals surface area contributed by atoms with Crippen LogP contribution in [-0.4, -0.2) is 28.1 Å². The Morgan fingerprint density at radius 3 is 2.56 bits per heavy atom. The minimum Gasteiger partial charge on any atom is -0.455 e. The zero-order valence-corrected chi connectivity index (χ0v) is 15.8. The molecule has 0 fully saturated rings. The van der Waals surface area contributed by atoms with E-state index in [0.717, 1.165) is 14.4 Å². The topological polar surface area (TPSA) is 64.1 Å². The van der Waals surface area contributed by atoms with Crippen LogP contribution < -0.4 is 10.1 Å². The Kier molecular flexibility index (Phi) is 6.32. The third kappa shape index (κ3) is 5.22. The van der Waals surface area contributed by atoms with Crippen LogP contribution in [0.3, 0.4) is 0 Å². The van der Waals surface area contributed by atoms with Gasteiger partial charge < -0.3 is 10.1 Å². The molecule has 0 bridgehead atoms. The molecule has 5 nitrogen and oxygen atoms in total. The van der Waals surface area contributed by atoms with Crippen LogP contribution in [0.25, 0.3) is 0 Å². The number of carbonyl (C=O) groups excluding carboxylic acids is 1. The fourth-order valence-electron chi connectivity index (χ4n) is 1.93. The van der Waals surface area contributed by atoms with Crippen molar-refractivity contribution in [2.75, 3.05) is 17.3 Å².